The molecular formula is C19H20FN7O. The number of rotatable bonds is 4. The zero-order valence-electron chi connectivity index (χ0n) is 15.1. The lowest BCUT2D eigenvalue weighted by Crippen LogP contribution is -2.26. The van der Waals surface area contributed by atoms with Crippen molar-refractivity contribution >= 4 is 34.9 Å². The first-order valence-corrected chi connectivity index (χ1v) is 8.99. The Bertz CT molecular complexity index is 940. The molecule has 2 aromatic rings. The van der Waals surface area contributed by atoms with E-state index < -0.39 is 5.82 Å². The molecule has 1 amide bonds. The zero-order valence-corrected chi connectivity index (χ0v) is 15.1. The molecule has 5 N–H and O–H groups in total. The van der Waals surface area contributed by atoms with Crippen molar-refractivity contribution in [2.45, 2.75) is 0 Å². The maximum absolute atomic E-state index is 14.3. The van der Waals surface area contributed by atoms with Gasteiger partial charge in [-0.1, -0.05) is 0 Å². The fraction of sp³-hybridized carbons (Fsp3) is 0.211. The average Bonchev–Trinajstić information content (AvgIpc) is 3.39. The molecule has 2 aliphatic heterocycles. The molecule has 0 aliphatic carbocycles. The lowest BCUT2D eigenvalue weighted by atomic mass is 10.1. The molecule has 8 nitrogen and oxygen atoms in total. The Kier molecular flexibility index (Phi) is 5.05. The number of carbonyl (C=O) groups is 1. The van der Waals surface area contributed by atoms with Gasteiger partial charge in [0.2, 0.25) is 0 Å². The van der Waals surface area contributed by atoms with Gasteiger partial charge in [0.1, 0.15) is 5.82 Å². The molecule has 2 heterocycles. The highest BCUT2D eigenvalue weighted by Gasteiger charge is 2.13. The number of benzene rings is 2. The molecule has 0 spiro atoms. The lowest BCUT2D eigenvalue weighted by Gasteiger charge is -2.10. The molecule has 0 bridgehead atoms. The number of nitrogens with zero attached hydrogens (tertiary/aromatic N) is 2. The van der Waals surface area contributed by atoms with Crippen LogP contribution >= 0.6 is 0 Å². The van der Waals surface area contributed by atoms with Crippen LogP contribution in [0.15, 0.2) is 52.4 Å². The number of aliphatic imine (C=N–C) groups is 2. The van der Waals surface area contributed by atoms with Gasteiger partial charge in [-0.3, -0.25) is 14.8 Å². The second kappa shape index (κ2) is 7.95. The number of guanidine groups is 2. The molecular weight excluding hydrogens is 361 g/mol. The average molecular weight is 381 g/mol. The highest BCUT2D eigenvalue weighted by molar-refractivity contribution is 6.05. The maximum Gasteiger partial charge on any atom is 0.255 e. The van der Waals surface area contributed by atoms with Crippen molar-refractivity contribution in [1.29, 1.82) is 0 Å². The first-order valence-electron chi connectivity index (χ1n) is 8.99. The molecule has 2 aliphatic rings. The fourth-order valence-electron chi connectivity index (χ4n) is 2.83. The number of anilines is 3. The van der Waals surface area contributed by atoms with E-state index in [0.29, 0.717) is 18.2 Å². The van der Waals surface area contributed by atoms with E-state index in [-0.39, 0.29) is 17.2 Å². The van der Waals surface area contributed by atoms with Crippen LogP contribution in [0.4, 0.5) is 21.5 Å². The summed E-state index contributed by atoms with van der Waals surface area (Å²) in [5.74, 6) is 0.362. The normalized spacial score (nSPS) is 15.2. The van der Waals surface area contributed by atoms with Gasteiger partial charge in [0.25, 0.3) is 5.91 Å². The van der Waals surface area contributed by atoms with Crippen molar-refractivity contribution < 1.29 is 9.18 Å². The van der Waals surface area contributed by atoms with Gasteiger partial charge in [0.05, 0.1) is 18.8 Å². The number of nitrogens with one attached hydrogen (secondary N) is 5. The Morgan fingerprint density at radius 3 is 2.14 bits per heavy atom. The van der Waals surface area contributed by atoms with Gasteiger partial charge in [-0.05, 0) is 42.5 Å². The Labute approximate surface area is 161 Å². The minimum atomic E-state index is -0.520. The van der Waals surface area contributed by atoms with Gasteiger partial charge in [0.15, 0.2) is 11.9 Å². The van der Waals surface area contributed by atoms with Crippen molar-refractivity contribution in [3.63, 3.8) is 0 Å². The van der Waals surface area contributed by atoms with Crippen LogP contribution in [0.3, 0.4) is 0 Å². The molecule has 2 aromatic carbocycles. The standard InChI is InChI=1S/C19H20FN7O/c20-15-11-12(1-6-16(15)27-19-23-9-10-24-19)17(28)25-13-2-4-14(5-3-13)26-18-21-7-8-22-18/h1-6,11H,7-10H2,(H,25,28)(H2,21,22,26)(H2,23,24,27). The summed E-state index contributed by atoms with van der Waals surface area (Å²) in [5, 5.41) is 14.9. The summed E-state index contributed by atoms with van der Waals surface area (Å²) in [6, 6.07) is 11.5. The van der Waals surface area contributed by atoms with E-state index in [1.54, 1.807) is 18.2 Å². The van der Waals surface area contributed by atoms with Crippen LogP contribution in [0.5, 0.6) is 0 Å². The summed E-state index contributed by atoms with van der Waals surface area (Å²) < 4.78 is 14.3. The van der Waals surface area contributed by atoms with E-state index in [1.807, 2.05) is 12.1 Å². The van der Waals surface area contributed by atoms with Crippen LogP contribution in [0, 0.1) is 5.82 Å². The first-order chi connectivity index (χ1) is 13.7. The number of amides is 1. The summed E-state index contributed by atoms with van der Waals surface area (Å²) >= 11 is 0. The number of hydrogen-bond donors (Lipinski definition) is 5. The van der Waals surface area contributed by atoms with Crippen LogP contribution in [-0.2, 0) is 0 Å². The third-order valence-corrected chi connectivity index (χ3v) is 4.24. The van der Waals surface area contributed by atoms with Crippen molar-refractivity contribution in [3.8, 4) is 0 Å². The first kappa shape index (κ1) is 17.8. The van der Waals surface area contributed by atoms with Crippen molar-refractivity contribution in [2.75, 3.05) is 42.1 Å². The smallest absolute Gasteiger partial charge is 0.255 e. The largest absolute Gasteiger partial charge is 0.354 e. The summed E-state index contributed by atoms with van der Waals surface area (Å²) in [5.41, 5.74) is 1.97. The molecule has 0 saturated heterocycles. The molecule has 28 heavy (non-hydrogen) atoms. The zero-order chi connectivity index (χ0) is 19.3. The van der Waals surface area contributed by atoms with E-state index >= 15 is 0 Å². The van der Waals surface area contributed by atoms with Crippen LogP contribution in [0.2, 0.25) is 0 Å². The van der Waals surface area contributed by atoms with Gasteiger partial charge in [0, 0.05) is 30.0 Å². The molecule has 9 heteroatoms. The van der Waals surface area contributed by atoms with Crippen molar-refractivity contribution in [1.82, 2.24) is 10.6 Å². The SMILES string of the molecule is O=C(Nc1ccc(NC2=NCCN2)cc1)c1ccc(NC2=NCCN2)c(F)c1. The Morgan fingerprint density at radius 1 is 0.893 bits per heavy atom. The third kappa shape index (κ3) is 4.20. The molecule has 0 fully saturated rings. The summed E-state index contributed by atoms with van der Waals surface area (Å²) in [4.78, 5) is 20.8. The van der Waals surface area contributed by atoms with Gasteiger partial charge in [-0.2, -0.15) is 0 Å². The van der Waals surface area contributed by atoms with Crippen LogP contribution in [-0.4, -0.2) is 44.0 Å². The number of halogens is 1. The molecule has 0 atom stereocenters. The van der Waals surface area contributed by atoms with Gasteiger partial charge in [-0.25, -0.2) is 4.39 Å². The van der Waals surface area contributed by atoms with E-state index in [9.17, 15) is 9.18 Å². The second-order valence-corrected chi connectivity index (χ2v) is 6.29. The molecule has 0 radical (unpaired) electrons. The highest BCUT2D eigenvalue weighted by Crippen LogP contribution is 2.18. The Balaban J connectivity index is 1.38. The minimum absolute atomic E-state index is 0.232. The molecule has 4 rings (SSSR count). The quantitative estimate of drug-likeness (QED) is 0.556. The molecule has 144 valence electrons. The van der Waals surface area contributed by atoms with Crippen LogP contribution in [0.25, 0.3) is 0 Å². The molecule has 0 saturated carbocycles. The predicted molar refractivity (Wildman–Crippen MR) is 109 cm³/mol. The van der Waals surface area contributed by atoms with Crippen molar-refractivity contribution in [3.05, 3.63) is 53.8 Å². The van der Waals surface area contributed by atoms with E-state index in [0.717, 1.165) is 31.3 Å². The number of carbonyl (C=O) groups excluding carboxylic acids is 1. The van der Waals surface area contributed by atoms with Crippen LogP contribution in [0.1, 0.15) is 10.4 Å². The van der Waals surface area contributed by atoms with Gasteiger partial charge >= 0.3 is 0 Å². The monoisotopic (exact) mass is 381 g/mol. The van der Waals surface area contributed by atoms with E-state index in [1.165, 1.54) is 12.1 Å². The minimum Gasteiger partial charge on any atom is -0.354 e. The highest BCUT2D eigenvalue weighted by atomic mass is 19.1. The summed E-state index contributed by atoms with van der Waals surface area (Å²) in [7, 11) is 0. The molecule has 0 aromatic heterocycles. The predicted octanol–water partition coefficient (Wildman–Crippen LogP) is 1.82. The second-order valence-electron chi connectivity index (χ2n) is 6.29. The topological polar surface area (TPSA) is 102 Å². The number of hydrogen-bond acceptors (Lipinski definition) is 7. The van der Waals surface area contributed by atoms with E-state index in [4.69, 9.17) is 0 Å². The summed E-state index contributed by atoms with van der Waals surface area (Å²) in [6.07, 6.45) is 0. The van der Waals surface area contributed by atoms with E-state index in [2.05, 4.69) is 36.6 Å². The Hall–Kier alpha value is -3.62. The lowest BCUT2D eigenvalue weighted by molar-refractivity contribution is 0.102. The summed E-state index contributed by atoms with van der Waals surface area (Å²) in [6.45, 7) is 2.96. The van der Waals surface area contributed by atoms with Gasteiger partial charge in [-0.15, -0.1) is 0 Å². The van der Waals surface area contributed by atoms with Gasteiger partial charge < -0.3 is 26.6 Å². The Morgan fingerprint density at radius 2 is 1.54 bits per heavy atom. The van der Waals surface area contributed by atoms with Crippen LogP contribution < -0.4 is 26.6 Å². The maximum atomic E-state index is 14.3. The molecule has 0 unspecified atom stereocenters. The fourth-order valence-corrected chi connectivity index (χ4v) is 2.83. The third-order valence-electron chi connectivity index (χ3n) is 4.24. The van der Waals surface area contributed by atoms with Crippen molar-refractivity contribution in [2.24, 2.45) is 9.98 Å².